The molecule has 5 rings (SSSR count). The molecule has 2 amide bonds. The summed E-state index contributed by atoms with van der Waals surface area (Å²) >= 11 is 0. The Kier molecular flexibility index (Phi) is 5.01. The maximum absolute atomic E-state index is 12.7. The number of carbonyl (C=O) groups is 2. The highest BCUT2D eigenvalue weighted by molar-refractivity contribution is 6.18. The van der Waals surface area contributed by atoms with Crippen molar-refractivity contribution in [2.24, 2.45) is 10.8 Å². The smallest absolute Gasteiger partial charge is 0.272 e. The zero-order valence-electron chi connectivity index (χ0n) is 17.1. The molecule has 0 unspecified atom stereocenters. The number of hydrogen-bond donors (Lipinski definition) is 4. The van der Waals surface area contributed by atoms with E-state index in [1.807, 2.05) is 66.7 Å². The lowest BCUT2D eigenvalue weighted by Gasteiger charge is -2.13. The maximum atomic E-state index is 12.7. The predicted octanol–water partition coefficient (Wildman–Crippen LogP) is 3.42. The van der Waals surface area contributed by atoms with E-state index < -0.39 is 6.04 Å². The molecule has 0 spiro atoms. The molecule has 32 heavy (non-hydrogen) atoms. The van der Waals surface area contributed by atoms with Crippen molar-refractivity contribution in [2.75, 3.05) is 5.32 Å². The van der Waals surface area contributed by atoms with Gasteiger partial charge in [-0.1, -0.05) is 60.7 Å². The summed E-state index contributed by atoms with van der Waals surface area (Å²) in [5, 5.41) is 7.68. The van der Waals surface area contributed by atoms with Crippen LogP contribution < -0.4 is 16.5 Å². The standard InChI is InChI=1S/C25H21N5O2/c26-20(11-15-7-3-1-4-8-15)25(32)28-17-12-18-22-19(14-27-30-24(18)31)23(29-21(22)13-17)16-9-5-2-6-10-16/h1-10,12-14,20,29H,11,26H2,(H,28,32)(H,30,31)/t20-/m1/s1. The van der Waals surface area contributed by atoms with Crippen molar-refractivity contribution in [1.29, 1.82) is 0 Å². The number of nitrogens with two attached hydrogens (primary N) is 1. The first-order chi connectivity index (χ1) is 15.6. The van der Waals surface area contributed by atoms with E-state index in [1.54, 1.807) is 12.3 Å². The van der Waals surface area contributed by atoms with Crippen LogP contribution >= 0.6 is 0 Å². The van der Waals surface area contributed by atoms with E-state index in [0.29, 0.717) is 17.7 Å². The number of anilines is 1. The maximum Gasteiger partial charge on any atom is 0.272 e. The van der Waals surface area contributed by atoms with Gasteiger partial charge in [0.05, 0.1) is 23.5 Å². The normalized spacial score (nSPS) is 13.5. The highest BCUT2D eigenvalue weighted by Gasteiger charge is 2.23. The average molecular weight is 423 g/mol. The van der Waals surface area contributed by atoms with Gasteiger partial charge in [-0.25, -0.2) is 5.43 Å². The average Bonchev–Trinajstić information content (AvgIpc) is 3.09. The second kappa shape index (κ2) is 8.13. The van der Waals surface area contributed by atoms with Gasteiger partial charge >= 0.3 is 0 Å². The van der Waals surface area contributed by atoms with E-state index in [-0.39, 0.29) is 11.8 Å². The molecule has 0 radical (unpaired) electrons. The first-order valence-corrected chi connectivity index (χ1v) is 10.3. The molecule has 0 bridgehead atoms. The van der Waals surface area contributed by atoms with Gasteiger partial charge in [-0.15, -0.1) is 0 Å². The van der Waals surface area contributed by atoms with Crippen LogP contribution in [0.1, 0.15) is 21.5 Å². The Hall–Kier alpha value is -4.23. The van der Waals surface area contributed by atoms with E-state index in [9.17, 15) is 9.59 Å². The van der Waals surface area contributed by atoms with Gasteiger partial charge in [-0.3, -0.25) is 9.59 Å². The fourth-order valence-corrected chi connectivity index (χ4v) is 3.98. The zero-order chi connectivity index (χ0) is 22.1. The molecule has 1 aromatic heterocycles. The van der Waals surface area contributed by atoms with Crippen molar-refractivity contribution in [2.45, 2.75) is 12.5 Å². The predicted molar refractivity (Wildman–Crippen MR) is 126 cm³/mol. The van der Waals surface area contributed by atoms with Gasteiger partial charge in [0, 0.05) is 22.2 Å². The monoisotopic (exact) mass is 423 g/mol. The van der Waals surface area contributed by atoms with Crippen LogP contribution in [0, 0.1) is 0 Å². The Morgan fingerprint density at radius 2 is 1.75 bits per heavy atom. The number of hydrazone groups is 1. The number of hydrogen-bond acceptors (Lipinski definition) is 4. The topological polar surface area (TPSA) is 112 Å². The number of nitrogens with one attached hydrogen (secondary N) is 3. The largest absolute Gasteiger partial charge is 0.354 e. The summed E-state index contributed by atoms with van der Waals surface area (Å²) in [6, 6.07) is 22.2. The number of benzene rings is 3. The van der Waals surface area contributed by atoms with E-state index >= 15 is 0 Å². The highest BCUT2D eigenvalue weighted by atomic mass is 16.2. The molecule has 4 aromatic rings. The Morgan fingerprint density at radius 1 is 1.03 bits per heavy atom. The van der Waals surface area contributed by atoms with Gasteiger partial charge in [-0.05, 0) is 29.7 Å². The molecule has 0 saturated carbocycles. The molecule has 0 fully saturated rings. The van der Waals surface area contributed by atoms with Crippen molar-refractivity contribution in [1.82, 2.24) is 10.4 Å². The summed E-state index contributed by atoms with van der Waals surface area (Å²) in [5.74, 6) is -0.658. The molecule has 0 aliphatic carbocycles. The molecule has 2 heterocycles. The number of carbonyl (C=O) groups excluding carboxylic acids is 2. The minimum absolute atomic E-state index is 0.319. The minimum atomic E-state index is -0.719. The molecule has 7 nitrogen and oxygen atoms in total. The third-order valence-corrected chi connectivity index (χ3v) is 5.51. The van der Waals surface area contributed by atoms with Crippen LogP contribution in [0.15, 0.2) is 77.9 Å². The summed E-state index contributed by atoms with van der Waals surface area (Å²) in [4.78, 5) is 28.8. The van der Waals surface area contributed by atoms with Crippen LogP contribution in [-0.4, -0.2) is 29.1 Å². The van der Waals surface area contributed by atoms with Crippen LogP contribution in [0.4, 0.5) is 5.69 Å². The van der Waals surface area contributed by atoms with Gasteiger partial charge in [-0.2, -0.15) is 5.10 Å². The lowest BCUT2D eigenvalue weighted by molar-refractivity contribution is -0.117. The Labute approximate surface area is 184 Å². The molecule has 3 aromatic carbocycles. The van der Waals surface area contributed by atoms with Crippen molar-refractivity contribution in [3.8, 4) is 11.3 Å². The van der Waals surface area contributed by atoms with Crippen LogP contribution in [-0.2, 0) is 11.2 Å². The number of amides is 2. The second-order valence-corrected chi connectivity index (χ2v) is 7.71. The fourth-order valence-electron chi connectivity index (χ4n) is 3.98. The van der Waals surface area contributed by atoms with Crippen LogP contribution in [0.2, 0.25) is 0 Å². The summed E-state index contributed by atoms with van der Waals surface area (Å²) in [5.41, 5.74) is 13.9. The van der Waals surface area contributed by atoms with Crippen molar-refractivity contribution >= 4 is 34.6 Å². The SMILES string of the molecule is N[C@H](Cc1ccccc1)C(=O)Nc1cc2c3c(c(-c4ccccc4)[nH]c3c1)C=NNC2=O. The van der Waals surface area contributed by atoms with Gasteiger partial charge in [0.15, 0.2) is 0 Å². The molecule has 158 valence electrons. The number of aromatic nitrogens is 1. The fraction of sp³-hybridized carbons (Fsp3) is 0.0800. The molecular formula is C25H21N5O2. The minimum Gasteiger partial charge on any atom is -0.354 e. The van der Waals surface area contributed by atoms with E-state index in [4.69, 9.17) is 5.73 Å². The Balaban J connectivity index is 1.51. The van der Waals surface area contributed by atoms with Crippen LogP contribution in [0.5, 0.6) is 0 Å². The van der Waals surface area contributed by atoms with E-state index in [2.05, 4.69) is 20.8 Å². The number of rotatable bonds is 5. The van der Waals surface area contributed by atoms with Gasteiger partial charge in [0.25, 0.3) is 5.91 Å². The molecule has 1 aliphatic rings. The molecule has 1 aliphatic heterocycles. The summed E-state index contributed by atoms with van der Waals surface area (Å²) in [6.07, 6.45) is 2.06. The molecule has 5 N–H and O–H groups in total. The number of H-pyrrole nitrogens is 1. The lowest BCUT2D eigenvalue weighted by Crippen LogP contribution is -2.37. The van der Waals surface area contributed by atoms with Crippen LogP contribution in [0.25, 0.3) is 22.2 Å². The summed E-state index contributed by atoms with van der Waals surface area (Å²) in [7, 11) is 0. The first-order valence-electron chi connectivity index (χ1n) is 10.3. The van der Waals surface area contributed by atoms with E-state index in [1.165, 1.54) is 0 Å². The third kappa shape index (κ3) is 3.66. The summed E-state index contributed by atoms with van der Waals surface area (Å²) < 4.78 is 0. The second-order valence-electron chi connectivity index (χ2n) is 7.71. The third-order valence-electron chi connectivity index (χ3n) is 5.51. The number of aromatic amines is 1. The number of nitrogens with zero attached hydrogens (tertiary/aromatic N) is 1. The van der Waals surface area contributed by atoms with Crippen molar-refractivity contribution in [3.63, 3.8) is 0 Å². The van der Waals surface area contributed by atoms with Crippen LogP contribution in [0.3, 0.4) is 0 Å². The molecule has 0 saturated heterocycles. The van der Waals surface area contributed by atoms with Gasteiger partial charge < -0.3 is 16.0 Å². The molecule has 7 heteroatoms. The zero-order valence-corrected chi connectivity index (χ0v) is 17.1. The van der Waals surface area contributed by atoms with E-state index in [0.717, 1.165) is 33.3 Å². The Morgan fingerprint density at radius 3 is 2.50 bits per heavy atom. The summed E-state index contributed by atoms with van der Waals surface area (Å²) in [6.45, 7) is 0. The van der Waals surface area contributed by atoms with Gasteiger partial charge in [0.2, 0.25) is 5.91 Å². The van der Waals surface area contributed by atoms with Crippen molar-refractivity contribution in [3.05, 3.63) is 89.5 Å². The molecule has 1 atom stereocenters. The quantitative estimate of drug-likeness (QED) is 0.394. The Bertz CT molecular complexity index is 1340. The highest BCUT2D eigenvalue weighted by Crippen LogP contribution is 2.34. The van der Waals surface area contributed by atoms with Gasteiger partial charge in [0.1, 0.15) is 0 Å². The lowest BCUT2D eigenvalue weighted by atomic mass is 10.0. The first kappa shape index (κ1) is 19.7. The molecular weight excluding hydrogens is 402 g/mol. The van der Waals surface area contributed by atoms with Crippen molar-refractivity contribution < 1.29 is 9.59 Å².